The van der Waals surface area contributed by atoms with Crippen LogP contribution in [0.1, 0.15) is 53.4 Å². The first-order chi connectivity index (χ1) is 10.1. The molecule has 0 bridgehead atoms. The second kappa shape index (κ2) is 7.72. The molecule has 0 unspecified atom stereocenters. The number of rotatable bonds is 7. The predicted octanol–water partition coefficient (Wildman–Crippen LogP) is 5.16. The topological polar surface area (TPSA) is 15.3 Å². The first kappa shape index (κ1) is 16.2. The van der Waals surface area contributed by atoms with E-state index in [1.54, 1.807) is 0 Å². The number of benzene rings is 1. The molecule has 2 rings (SSSR count). The van der Waals surface area contributed by atoms with Crippen LogP contribution < -0.4 is 10.2 Å². The molecule has 0 radical (unpaired) electrons. The van der Waals surface area contributed by atoms with E-state index in [4.69, 9.17) is 0 Å². The highest BCUT2D eigenvalue weighted by Crippen LogP contribution is 2.30. The van der Waals surface area contributed by atoms with Crippen molar-refractivity contribution in [2.24, 2.45) is 11.8 Å². The fourth-order valence-electron chi connectivity index (χ4n) is 3.40. The van der Waals surface area contributed by atoms with Crippen LogP contribution in [0.3, 0.4) is 0 Å². The summed E-state index contributed by atoms with van der Waals surface area (Å²) in [6.07, 6.45) is 5.14. The van der Waals surface area contributed by atoms with E-state index in [9.17, 15) is 0 Å². The van der Waals surface area contributed by atoms with Crippen molar-refractivity contribution in [3.05, 3.63) is 24.3 Å². The normalized spacial score (nSPS) is 15.5. The van der Waals surface area contributed by atoms with Crippen molar-refractivity contribution in [1.82, 2.24) is 0 Å². The number of anilines is 2. The van der Waals surface area contributed by atoms with Crippen molar-refractivity contribution < 1.29 is 0 Å². The van der Waals surface area contributed by atoms with Crippen molar-refractivity contribution in [2.45, 2.75) is 59.4 Å². The third-order valence-corrected chi connectivity index (χ3v) is 4.22. The fourth-order valence-corrected chi connectivity index (χ4v) is 3.40. The molecular weight excluding hydrogens is 256 g/mol. The minimum atomic E-state index is 0.578. The van der Waals surface area contributed by atoms with E-state index in [1.165, 1.54) is 50.1 Å². The molecule has 1 aromatic carbocycles. The lowest BCUT2D eigenvalue weighted by Crippen LogP contribution is -2.26. The van der Waals surface area contributed by atoms with Gasteiger partial charge in [-0.25, -0.2) is 0 Å². The van der Waals surface area contributed by atoms with Crippen molar-refractivity contribution in [1.29, 1.82) is 0 Å². The molecular formula is C19H32N2. The van der Waals surface area contributed by atoms with Gasteiger partial charge in [-0.1, -0.05) is 39.8 Å². The average molecular weight is 288 g/mol. The Labute approximate surface area is 130 Å². The van der Waals surface area contributed by atoms with Crippen LogP contribution in [-0.2, 0) is 0 Å². The minimum absolute atomic E-state index is 0.578. The number of nitrogens with one attached hydrogen (secondary N) is 1. The second-order valence-electron chi connectivity index (χ2n) is 7.31. The van der Waals surface area contributed by atoms with Gasteiger partial charge in [0.05, 0.1) is 11.4 Å². The van der Waals surface area contributed by atoms with E-state index < -0.39 is 0 Å². The maximum atomic E-state index is 3.85. The highest BCUT2D eigenvalue weighted by atomic mass is 15.2. The Bertz CT molecular complexity index is 409. The first-order valence-corrected chi connectivity index (χ1v) is 8.66. The van der Waals surface area contributed by atoms with E-state index in [2.05, 4.69) is 62.2 Å². The van der Waals surface area contributed by atoms with Gasteiger partial charge in [-0.15, -0.1) is 0 Å². The number of hydrogen-bond donors (Lipinski definition) is 1. The van der Waals surface area contributed by atoms with Crippen molar-refractivity contribution in [3.8, 4) is 0 Å². The summed E-state index contributed by atoms with van der Waals surface area (Å²) in [5.74, 6) is 1.47. The van der Waals surface area contributed by atoms with E-state index >= 15 is 0 Å². The lowest BCUT2D eigenvalue weighted by molar-refractivity contribution is 0.442. The lowest BCUT2D eigenvalue weighted by Gasteiger charge is -2.27. The van der Waals surface area contributed by atoms with Gasteiger partial charge in [0.25, 0.3) is 0 Å². The molecule has 2 nitrogen and oxygen atoms in total. The van der Waals surface area contributed by atoms with Gasteiger partial charge < -0.3 is 10.2 Å². The standard InChI is InChI=1S/C19H32N2/c1-15(2)13-17(14-16(3)4)20-18-9-5-6-10-19(18)21-11-7-8-12-21/h5-6,9-10,15-17,20H,7-8,11-14H2,1-4H3. The van der Waals surface area contributed by atoms with Crippen LogP contribution in [0, 0.1) is 11.8 Å². The Hall–Kier alpha value is -1.18. The van der Waals surface area contributed by atoms with Gasteiger partial charge in [-0.3, -0.25) is 0 Å². The summed E-state index contributed by atoms with van der Waals surface area (Å²) in [4.78, 5) is 2.53. The predicted molar refractivity (Wildman–Crippen MR) is 94.2 cm³/mol. The second-order valence-corrected chi connectivity index (χ2v) is 7.31. The molecule has 1 aliphatic rings. The monoisotopic (exact) mass is 288 g/mol. The minimum Gasteiger partial charge on any atom is -0.381 e. The van der Waals surface area contributed by atoms with Crippen LogP contribution in [0.25, 0.3) is 0 Å². The summed E-state index contributed by atoms with van der Waals surface area (Å²) in [5.41, 5.74) is 2.72. The third-order valence-electron chi connectivity index (χ3n) is 4.22. The fraction of sp³-hybridized carbons (Fsp3) is 0.684. The van der Waals surface area contributed by atoms with Gasteiger partial charge in [0.15, 0.2) is 0 Å². The van der Waals surface area contributed by atoms with E-state index in [-0.39, 0.29) is 0 Å². The zero-order valence-electron chi connectivity index (χ0n) is 14.2. The highest BCUT2D eigenvalue weighted by Gasteiger charge is 2.18. The number of para-hydroxylation sites is 2. The number of nitrogens with zero attached hydrogens (tertiary/aromatic N) is 1. The zero-order valence-corrected chi connectivity index (χ0v) is 14.2. The quantitative estimate of drug-likeness (QED) is 0.745. The Kier molecular flexibility index (Phi) is 5.96. The van der Waals surface area contributed by atoms with E-state index in [0.29, 0.717) is 6.04 Å². The van der Waals surface area contributed by atoms with Gasteiger partial charge in [0.1, 0.15) is 0 Å². The van der Waals surface area contributed by atoms with Gasteiger partial charge >= 0.3 is 0 Å². The van der Waals surface area contributed by atoms with Crippen LogP contribution in [0.4, 0.5) is 11.4 Å². The Morgan fingerprint density at radius 2 is 1.52 bits per heavy atom. The summed E-state index contributed by atoms with van der Waals surface area (Å²) in [7, 11) is 0. The Balaban J connectivity index is 2.11. The highest BCUT2D eigenvalue weighted by molar-refractivity contribution is 5.70. The van der Waals surface area contributed by atoms with Crippen molar-refractivity contribution >= 4 is 11.4 Å². The smallest absolute Gasteiger partial charge is 0.0602 e. The number of hydrogen-bond acceptors (Lipinski definition) is 2. The molecule has 1 fully saturated rings. The first-order valence-electron chi connectivity index (χ1n) is 8.66. The van der Waals surface area contributed by atoms with Gasteiger partial charge in [-0.2, -0.15) is 0 Å². The molecule has 1 aliphatic heterocycles. The molecule has 1 heterocycles. The van der Waals surface area contributed by atoms with Gasteiger partial charge in [0, 0.05) is 19.1 Å². The zero-order chi connectivity index (χ0) is 15.2. The van der Waals surface area contributed by atoms with E-state index in [1.807, 2.05) is 0 Å². The van der Waals surface area contributed by atoms with Crippen LogP contribution in [0.15, 0.2) is 24.3 Å². The Morgan fingerprint density at radius 1 is 0.952 bits per heavy atom. The summed E-state index contributed by atoms with van der Waals surface area (Å²) >= 11 is 0. The summed E-state index contributed by atoms with van der Waals surface area (Å²) in [6, 6.07) is 9.42. The van der Waals surface area contributed by atoms with Crippen LogP contribution in [0.5, 0.6) is 0 Å². The SMILES string of the molecule is CC(C)CC(CC(C)C)Nc1ccccc1N1CCCC1. The Morgan fingerprint density at radius 3 is 2.10 bits per heavy atom. The van der Waals surface area contributed by atoms with Crippen LogP contribution in [0.2, 0.25) is 0 Å². The maximum absolute atomic E-state index is 3.85. The molecule has 0 aliphatic carbocycles. The van der Waals surface area contributed by atoms with Crippen LogP contribution >= 0.6 is 0 Å². The molecule has 0 saturated carbocycles. The molecule has 2 heteroatoms. The molecule has 1 N–H and O–H groups in total. The van der Waals surface area contributed by atoms with Crippen LogP contribution in [-0.4, -0.2) is 19.1 Å². The molecule has 0 spiro atoms. The average Bonchev–Trinajstić information content (AvgIpc) is 2.91. The molecule has 118 valence electrons. The molecule has 0 aromatic heterocycles. The maximum Gasteiger partial charge on any atom is 0.0602 e. The molecule has 1 saturated heterocycles. The van der Waals surface area contributed by atoms with Gasteiger partial charge in [-0.05, 0) is 49.7 Å². The van der Waals surface area contributed by atoms with Crippen molar-refractivity contribution in [3.63, 3.8) is 0 Å². The van der Waals surface area contributed by atoms with Gasteiger partial charge in [0.2, 0.25) is 0 Å². The molecule has 0 amide bonds. The molecule has 0 atom stereocenters. The summed E-state index contributed by atoms with van der Waals surface area (Å²) in [5, 5.41) is 3.85. The van der Waals surface area contributed by atoms with Crippen molar-refractivity contribution in [2.75, 3.05) is 23.3 Å². The lowest BCUT2D eigenvalue weighted by atomic mass is 9.95. The third kappa shape index (κ3) is 4.94. The van der Waals surface area contributed by atoms with E-state index in [0.717, 1.165) is 11.8 Å². The summed E-state index contributed by atoms with van der Waals surface area (Å²) in [6.45, 7) is 11.7. The summed E-state index contributed by atoms with van der Waals surface area (Å²) < 4.78 is 0. The molecule has 1 aromatic rings. The largest absolute Gasteiger partial charge is 0.381 e. The molecule has 21 heavy (non-hydrogen) atoms.